The maximum absolute atomic E-state index is 12.3. The third kappa shape index (κ3) is 5.14. The van der Waals surface area contributed by atoms with Crippen molar-refractivity contribution >= 4 is 11.8 Å². The summed E-state index contributed by atoms with van der Waals surface area (Å²) in [6, 6.07) is 0.416. The summed E-state index contributed by atoms with van der Waals surface area (Å²) in [5.74, 6) is 0.180. The molecule has 0 bridgehead atoms. The molecule has 4 nitrogen and oxygen atoms in total. The Morgan fingerprint density at radius 2 is 1.75 bits per heavy atom. The number of nitrogens with zero attached hydrogens (tertiary/aromatic N) is 1. The van der Waals surface area contributed by atoms with Gasteiger partial charge in [-0.1, -0.05) is 40.0 Å². The molecule has 0 unspecified atom stereocenters. The van der Waals surface area contributed by atoms with Gasteiger partial charge in [-0.05, 0) is 19.8 Å². The zero-order chi connectivity index (χ0) is 15.2. The number of hydrogen-bond donors (Lipinski definition) is 1. The molecule has 0 heterocycles. The predicted octanol–water partition coefficient (Wildman–Crippen LogP) is 2.72. The Balaban J connectivity index is 2.38. The third-order valence-corrected chi connectivity index (χ3v) is 3.98. The van der Waals surface area contributed by atoms with E-state index >= 15 is 0 Å². The van der Waals surface area contributed by atoms with Crippen molar-refractivity contribution in [1.82, 2.24) is 10.2 Å². The van der Waals surface area contributed by atoms with E-state index in [2.05, 4.69) is 5.32 Å². The number of rotatable bonds is 5. The first kappa shape index (κ1) is 17.0. The van der Waals surface area contributed by atoms with Crippen molar-refractivity contribution in [2.45, 2.75) is 72.3 Å². The lowest BCUT2D eigenvalue weighted by molar-refractivity contribution is -0.134. The Bertz CT molecular complexity index is 328. The fraction of sp³-hybridized carbons (Fsp3) is 0.875. The average molecular weight is 282 g/mol. The fourth-order valence-corrected chi connectivity index (χ4v) is 2.72. The molecule has 0 atom stereocenters. The Hall–Kier alpha value is -1.06. The third-order valence-electron chi connectivity index (χ3n) is 3.98. The smallest absolute Gasteiger partial charge is 0.225 e. The van der Waals surface area contributed by atoms with Crippen LogP contribution in [-0.2, 0) is 9.59 Å². The van der Waals surface area contributed by atoms with Gasteiger partial charge in [0.1, 0.15) is 0 Å². The van der Waals surface area contributed by atoms with E-state index in [1.165, 1.54) is 19.3 Å². The van der Waals surface area contributed by atoms with Gasteiger partial charge in [-0.25, -0.2) is 0 Å². The first-order chi connectivity index (χ1) is 9.36. The molecule has 0 spiro atoms. The number of carbonyl (C=O) groups is 2. The van der Waals surface area contributed by atoms with Gasteiger partial charge < -0.3 is 10.2 Å². The molecule has 0 aromatic rings. The van der Waals surface area contributed by atoms with Gasteiger partial charge in [0.15, 0.2) is 0 Å². The first-order valence-electron chi connectivity index (χ1n) is 7.94. The molecule has 1 aliphatic rings. The summed E-state index contributed by atoms with van der Waals surface area (Å²) in [6.07, 6.45) is 6.43. The van der Waals surface area contributed by atoms with Gasteiger partial charge in [0.05, 0.1) is 0 Å². The SMILES string of the molecule is CCN(C(=O)CCNC(=O)C(C)(C)C)C1CCCCC1. The summed E-state index contributed by atoms with van der Waals surface area (Å²) in [7, 11) is 0. The average Bonchev–Trinajstić information content (AvgIpc) is 2.39. The van der Waals surface area contributed by atoms with E-state index < -0.39 is 5.41 Å². The lowest BCUT2D eigenvalue weighted by Gasteiger charge is -2.33. The van der Waals surface area contributed by atoms with E-state index in [0.29, 0.717) is 19.0 Å². The molecule has 0 aromatic heterocycles. The Labute approximate surface area is 123 Å². The maximum atomic E-state index is 12.3. The Morgan fingerprint density at radius 3 is 2.25 bits per heavy atom. The zero-order valence-electron chi connectivity index (χ0n) is 13.5. The highest BCUT2D eigenvalue weighted by molar-refractivity contribution is 5.82. The van der Waals surface area contributed by atoms with Crippen LogP contribution in [0.15, 0.2) is 0 Å². The van der Waals surface area contributed by atoms with Gasteiger partial charge >= 0.3 is 0 Å². The molecule has 116 valence electrons. The zero-order valence-corrected chi connectivity index (χ0v) is 13.5. The summed E-state index contributed by atoms with van der Waals surface area (Å²) in [5, 5.41) is 2.85. The van der Waals surface area contributed by atoms with Gasteiger partial charge in [0, 0.05) is 31.0 Å². The summed E-state index contributed by atoms with van der Waals surface area (Å²) in [6.45, 7) is 8.90. The molecule has 1 rings (SSSR count). The number of hydrogen-bond acceptors (Lipinski definition) is 2. The fourth-order valence-electron chi connectivity index (χ4n) is 2.72. The first-order valence-corrected chi connectivity index (χ1v) is 7.94. The molecule has 1 fully saturated rings. The second-order valence-corrected chi connectivity index (χ2v) is 6.73. The van der Waals surface area contributed by atoms with Crippen LogP contribution in [0.1, 0.15) is 66.2 Å². The van der Waals surface area contributed by atoms with Crippen LogP contribution in [-0.4, -0.2) is 35.8 Å². The highest BCUT2D eigenvalue weighted by atomic mass is 16.2. The Kier molecular flexibility index (Phi) is 6.50. The van der Waals surface area contributed by atoms with Gasteiger partial charge in [-0.3, -0.25) is 9.59 Å². The molecule has 1 saturated carbocycles. The van der Waals surface area contributed by atoms with E-state index in [4.69, 9.17) is 0 Å². The van der Waals surface area contributed by atoms with Gasteiger partial charge in [-0.2, -0.15) is 0 Å². The Morgan fingerprint density at radius 1 is 1.15 bits per heavy atom. The van der Waals surface area contributed by atoms with Crippen molar-refractivity contribution in [3.05, 3.63) is 0 Å². The summed E-state index contributed by atoms with van der Waals surface area (Å²) >= 11 is 0. The van der Waals surface area contributed by atoms with E-state index in [-0.39, 0.29) is 11.8 Å². The predicted molar refractivity (Wildman–Crippen MR) is 81.3 cm³/mol. The van der Waals surface area contributed by atoms with Crippen molar-refractivity contribution in [2.24, 2.45) is 5.41 Å². The molecular weight excluding hydrogens is 252 g/mol. The molecule has 4 heteroatoms. The maximum Gasteiger partial charge on any atom is 0.225 e. The second kappa shape index (κ2) is 7.65. The molecule has 20 heavy (non-hydrogen) atoms. The highest BCUT2D eigenvalue weighted by Gasteiger charge is 2.24. The normalized spacial score (nSPS) is 16.8. The molecular formula is C16H30N2O2. The molecule has 0 saturated heterocycles. The topological polar surface area (TPSA) is 49.4 Å². The monoisotopic (exact) mass is 282 g/mol. The summed E-state index contributed by atoms with van der Waals surface area (Å²) in [5.41, 5.74) is -0.392. The van der Waals surface area contributed by atoms with Crippen molar-refractivity contribution in [3.8, 4) is 0 Å². The van der Waals surface area contributed by atoms with E-state index in [0.717, 1.165) is 19.4 Å². The molecule has 1 N–H and O–H groups in total. The number of amides is 2. The molecule has 0 aromatic carbocycles. The number of nitrogens with one attached hydrogen (secondary N) is 1. The van der Waals surface area contributed by atoms with Crippen molar-refractivity contribution in [1.29, 1.82) is 0 Å². The van der Waals surface area contributed by atoms with Crippen LogP contribution in [0.3, 0.4) is 0 Å². The minimum absolute atomic E-state index is 0.00557. The van der Waals surface area contributed by atoms with Gasteiger partial charge in [-0.15, -0.1) is 0 Å². The van der Waals surface area contributed by atoms with Crippen LogP contribution in [0.4, 0.5) is 0 Å². The molecule has 1 aliphatic carbocycles. The van der Waals surface area contributed by atoms with Gasteiger partial charge in [0.2, 0.25) is 11.8 Å². The van der Waals surface area contributed by atoms with Crippen molar-refractivity contribution < 1.29 is 9.59 Å². The minimum Gasteiger partial charge on any atom is -0.355 e. The minimum atomic E-state index is -0.392. The van der Waals surface area contributed by atoms with Crippen molar-refractivity contribution in [2.75, 3.05) is 13.1 Å². The van der Waals surface area contributed by atoms with E-state index in [1.807, 2.05) is 32.6 Å². The number of carbonyl (C=O) groups excluding carboxylic acids is 2. The van der Waals surface area contributed by atoms with Crippen LogP contribution in [0.2, 0.25) is 0 Å². The van der Waals surface area contributed by atoms with E-state index in [9.17, 15) is 9.59 Å². The molecule has 2 amide bonds. The van der Waals surface area contributed by atoms with E-state index in [1.54, 1.807) is 0 Å². The second-order valence-electron chi connectivity index (χ2n) is 6.73. The van der Waals surface area contributed by atoms with Crippen LogP contribution in [0.5, 0.6) is 0 Å². The quantitative estimate of drug-likeness (QED) is 0.843. The van der Waals surface area contributed by atoms with Crippen LogP contribution in [0, 0.1) is 5.41 Å². The van der Waals surface area contributed by atoms with Gasteiger partial charge in [0.25, 0.3) is 0 Å². The lowest BCUT2D eigenvalue weighted by Crippen LogP contribution is -2.43. The highest BCUT2D eigenvalue weighted by Crippen LogP contribution is 2.22. The van der Waals surface area contributed by atoms with Crippen LogP contribution in [0.25, 0.3) is 0 Å². The standard InChI is InChI=1S/C16H30N2O2/c1-5-18(13-9-7-6-8-10-13)14(19)11-12-17-15(20)16(2,3)4/h13H,5-12H2,1-4H3,(H,17,20). The largest absolute Gasteiger partial charge is 0.355 e. The molecule has 0 aliphatic heterocycles. The summed E-state index contributed by atoms with van der Waals surface area (Å²) in [4.78, 5) is 26.0. The van der Waals surface area contributed by atoms with Crippen LogP contribution >= 0.6 is 0 Å². The van der Waals surface area contributed by atoms with Crippen molar-refractivity contribution in [3.63, 3.8) is 0 Å². The molecule has 0 radical (unpaired) electrons. The lowest BCUT2D eigenvalue weighted by atomic mass is 9.94. The van der Waals surface area contributed by atoms with Crippen LogP contribution < -0.4 is 5.32 Å². The summed E-state index contributed by atoms with van der Waals surface area (Å²) < 4.78 is 0.